The Bertz CT molecular complexity index is 952. The summed E-state index contributed by atoms with van der Waals surface area (Å²) in [5.41, 5.74) is 0.749. The number of thiazole rings is 1. The molecule has 0 bridgehead atoms. The number of aryl methyl sites for hydroxylation is 1. The summed E-state index contributed by atoms with van der Waals surface area (Å²) in [6.45, 7) is 5.51. The number of carbonyl (C=O) groups is 3. The van der Waals surface area contributed by atoms with E-state index < -0.39 is 17.5 Å². The van der Waals surface area contributed by atoms with Crippen molar-refractivity contribution in [1.82, 2.24) is 15.2 Å². The van der Waals surface area contributed by atoms with Crippen LogP contribution in [0.25, 0.3) is 11.3 Å². The summed E-state index contributed by atoms with van der Waals surface area (Å²) in [7, 11) is 0. The molecule has 0 atom stereocenters. The highest BCUT2D eigenvalue weighted by Crippen LogP contribution is 2.31. The molecule has 0 aliphatic carbocycles. The van der Waals surface area contributed by atoms with E-state index in [4.69, 9.17) is 11.6 Å². The normalized spacial score (nSPS) is 15.4. The maximum Gasteiger partial charge on any atom is 0.325 e. The van der Waals surface area contributed by atoms with Crippen molar-refractivity contribution in [2.45, 2.75) is 52.0 Å². The number of halogens is 1. The van der Waals surface area contributed by atoms with Crippen molar-refractivity contribution in [3.05, 3.63) is 34.2 Å². The Kier molecular flexibility index (Phi) is 6.77. The van der Waals surface area contributed by atoms with E-state index in [1.165, 1.54) is 11.3 Å². The first-order valence-electron chi connectivity index (χ1n) is 9.97. The molecule has 9 heteroatoms. The zero-order valence-electron chi connectivity index (χ0n) is 17.3. The Balaban J connectivity index is 1.70. The summed E-state index contributed by atoms with van der Waals surface area (Å²) in [5.74, 6) is -0.790. The molecule has 160 valence electrons. The molecule has 2 heterocycles. The summed E-state index contributed by atoms with van der Waals surface area (Å²) in [6, 6.07) is 6.78. The molecule has 30 heavy (non-hydrogen) atoms. The Hall–Kier alpha value is -2.45. The fourth-order valence-corrected chi connectivity index (χ4v) is 4.74. The molecule has 1 saturated heterocycles. The topological polar surface area (TPSA) is 91.4 Å². The van der Waals surface area contributed by atoms with Crippen molar-refractivity contribution >= 4 is 45.9 Å². The average Bonchev–Trinajstić information content (AvgIpc) is 3.15. The highest BCUT2D eigenvalue weighted by molar-refractivity contribution is 7.16. The molecule has 7 nitrogen and oxygen atoms in total. The van der Waals surface area contributed by atoms with Crippen molar-refractivity contribution in [1.29, 1.82) is 0 Å². The van der Waals surface area contributed by atoms with Gasteiger partial charge in [-0.25, -0.2) is 9.78 Å². The van der Waals surface area contributed by atoms with Crippen LogP contribution in [0.5, 0.6) is 0 Å². The molecule has 3 rings (SSSR count). The molecular formula is C21H25ClN4O3S. The van der Waals surface area contributed by atoms with Gasteiger partial charge in [0.1, 0.15) is 12.1 Å². The number of nitrogens with zero attached hydrogens (tertiary/aromatic N) is 2. The number of carbonyl (C=O) groups excluding carboxylic acids is 3. The molecular weight excluding hydrogens is 424 g/mol. The fourth-order valence-electron chi connectivity index (χ4n) is 3.77. The van der Waals surface area contributed by atoms with Crippen LogP contribution >= 0.6 is 22.9 Å². The summed E-state index contributed by atoms with van der Waals surface area (Å²) in [6.07, 6.45) is 2.63. The van der Waals surface area contributed by atoms with E-state index in [-0.39, 0.29) is 12.5 Å². The maximum atomic E-state index is 12.9. The van der Waals surface area contributed by atoms with E-state index in [1.807, 2.05) is 32.9 Å². The smallest absolute Gasteiger partial charge is 0.323 e. The minimum Gasteiger partial charge on any atom is -0.323 e. The van der Waals surface area contributed by atoms with Gasteiger partial charge in [-0.1, -0.05) is 50.4 Å². The number of anilines is 1. The van der Waals surface area contributed by atoms with Gasteiger partial charge in [0.15, 0.2) is 5.13 Å². The lowest BCUT2D eigenvalue weighted by Crippen LogP contribution is -2.47. The molecule has 0 saturated carbocycles. The molecule has 0 spiro atoms. The highest BCUT2D eigenvalue weighted by atomic mass is 35.5. The van der Waals surface area contributed by atoms with Gasteiger partial charge >= 0.3 is 6.03 Å². The second-order valence-corrected chi connectivity index (χ2v) is 9.02. The number of aromatic nitrogens is 1. The standard InChI is InChI=1S/C21H25ClN4O3S/c1-4-10-21(11-5-2)18(28)26(20(29)25-21)12-16(27)23-19-24-17(13(3)30-19)14-6-8-15(22)9-7-14/h6-9H,4-5,10-12H2,1-3H3,(H,25,29)(H,23,24,27). The molecule has 2 N–H and O–H groups in total. The number of urea groups is 1. The molecule has 1 aliphatic heterocycles. The minimum absolute atomic E-state index is 0.330. The SMILES string of the molecule is CCCC1(CCC)NC(=O)N(CC(=O)Nc2nc(-c3ccc(Cl)cc3)c(C)s2)C1=O. The van der Waals surface area contributed by atoms with Gasteiger partial charge in [-0.15, -0.1) is 11.3 Å². The summed E-state index contributed by atoms with van der Waals surface area (Å²) in [5, 5.41) is 6.58. The number of rotatable bonds is 8. The number of amides is 4. The Morgan fingerprint density at radius 1 is 1.20 bits per heavy atom. The number of hydrogen-bond acceptors (Lipinski definition) is 5. The van der Waals surface area contributed by atoms with Crippen LogP contribution in [0.15, 0.2) is 24.3 Å². The largest absolute Gasteiger partial charge is 0.325 e. The van der Waals surface area contributed by atoms with Gasteiger partial charge in [-0.3, -0.25) is 14.5 Å². The molecule has 0 radical (unpaired) electrons. The molecule has 4 amide bonds. The number of hydrogen-bond donors (Lipinski definition) is 2. The van der Waals surface area contributed by atoms with E-state index in [9.17, 15) is 14.4 Å². The van der Waals surface area contributed by atoms with Crippen LogP contribution in [0.2, 0.25) is 5.02 Å². The van der Waals surface area contributed by atoms with Crippen LogP contribution in [0, 0.1) is 6.92 Å². The molecule has 2 aromatic rings. The first-order valence-corrected chi connectivity index (χ1v) is 11.2. The quantitative estimate of drug-likeness (QED) is 0.577. The van der Waals surface area contributed by atoms with Crippen LogP contribution in [0.4, 0.5) is 9.93 Å². The predicted octanol–water partition coefficient (Wildman–Crippen LogP) is 4.60. The Morgan fingerprint density at radius 2 is 1.83 bits per heavy atom. The first-order chi connectivity index (χ1) is 14.3. The third-order valence-electron chi connectivity index (χ3n) is 5.06. The summed E-state index contributed by atoms with van der Waals surface area (Å²) < 4.78 is 0. The van der Waals surface area contributed by atoms with Crippen molar-refractivity contribution < 1.29 is 14.4 Å². The van der Waals surface area contributed by atoms with Crippen LogP contribution < -0.4 is 10.6 Å². The molecule has 1 aromatic carbocycles. The van der Waals surface area contributed by atoms with E-state index in [0.29, 0.717) is 23.0 Å². The lowest BCUT2D eigenvalue weighted by Gasteiger charge is -2.25. The van der Waals surface area contributed by atoms with Crippen LogP contribution in [0.3, 0.4) is 0 Å². The first kappa shape index (κ1) is 22.2. The maximum absolute atomic E-state index is 12.9. The van der Waals surface area contributed by atoms with Crippen LogP contribution in [0.1, 0.15) is 44.4 Å². The molecule has 0 unspecified atom stereocenters. The number of benzene rings is 1. The Labute approximate surface area is 184 Å². The second kappa shape index (κ2) is 9.14. The minimum atomic E-state index is -0.902. The van der Waals surface area contributed by atoms with Gasteiger partial charge in [0.05, 0.1) is 5.69 Å². The van der Waals surface area contributed by atoms with Crippen LogP contribution in [-0.2, 0) is 9.59 Å². The van der Waals surface area contributed by atoms with Gasteiger partial charge in [-0.2, -0.15) is 0 Å². The van der Waals surface area contributed by atoms with E-state index >= 15 is 0 Å². The van der Waals surface area contributed by atoms with Crippen molar-refractivity contribution in [3.8, 4) is 11.3 Å². The number of imide groups is 1. The third-order valence-corrected chi connectivity index (χ3v) is 6.20. The fraction of sp³-hybridized carbons (Fsp3) is 0.429. The van der Waals surface area contributed by atoms with Crippen molar-refractivity contribution in [2.24, 2.45) is 0 Å². The lowest BCUT2D eigenvalue weighted by atomic mass is 9.88. The molecule has 1 aromatic heterocycles. The van der Waals surface area contributed by atoms with E-state index in [0.717, 1.165) is 33.9 Å². The van der Waals surface area contributed by atoms with Gasteiger partial charge in [0.2, 0.25) is 5.91 Å². The third kappa shape index (κ3) is 4.49. The van der Waals surface area contributed by atoms with Crippen molar-refractivity contribution in [2.75, 3.05) is 11.9 Å². The number of nitrogens with one attached hydrogen (secondary N) is 2. The van der Waals surface area contributed by atoms with Gasteiger partial charge in [0.25, 0.3) is 5.91 Å². The summed E-state index contributed by atoms with van der Waals surface area (Å²) in [4.78, 5) is 44.3. The van der Waals surface area contributed by atoms with Crippen LogP contribution in [-0.4, -0.2) is 39.8 Å². The lowest BCUT2D eigenvalue weighted by molar-refractivity contribution is -0.134. The van der Waals surface area contributed by atoms with E-state index in [2.05, 4.69) is 15.6 Å². The zero-order valence-corrected chi connectivity index (χ0v) is 18.8. The highest BCUT2D eigenvalue weighted by Gasteiger charge is 2.50. The van der Waals surface area contributed by atoms with Gasteiger partial charge in [0, 0.05) is 15.5 Å². The average molecular weight is 449 g/mol. The predicted molar refractivity (Wildman–Crippen MR) is 119 cm³/mol. The summed E-state index contributed by atoms with van der Waals surface area (Å²) >= 11 is 7.27. The zero-order chi connectivity index (χ0) is 21.9. The second-order valence-electron chi connectivity index (χ2n) is 7.38. The molecule has 1 fully saturated rings. The van der Waals surface area contributed by atoms with E-state index in [1.54, 1.807) is 12.1 Å². The van der Waals surface area contributed by atoms with Gasteiger partial charge < -0.3 is 10.6 Å². The Morgan fingerprint density at radius 3 is 2.43 bits per heavy atom. The van der Waals surface area contributed by atoms with Crippen molar-refractivity contribution in [3.63, 3.8) is 0 Å². The molecule has 1 aliphatic rings. The monoisotopic (exact) mass is 448 g/mol. The van der Waals surface area contributed by atoms with Gasteiger partial charge in [-0.05, 0) is 31.9 Å².